The van der Waals surface area contributed by atoms with E-state index in [0.717, 1.165) is 24.2 Å². The van der Waals surface area contributed by atoms with Crippen molar-refractivity contribution < 1.29 is 4.42 Å². The normalized spacial score (nSPS) is 11.4. The van der Waals surface area contributed by atoms with Crippen LogP contribution in [0.15, 0.2) is 65.1 Å². The fourth-order valence-electron chi connectivity index (χ4n) is 3.30. The SMILES string of the molecule is CCCc1cc(-c2cc3c(ccc4ccccc43)o2)ccc1C. The molecular weight excluding hydrogens is 280 g/mol. The van der Waals surface area contributed by atoms with Gasteiger partial charge in [-0.3, -0.25) is 0 Å². The fraction of sp³-hybridized carbons (Fsp3) is 0.182. The van der Waals surface area contributed by atoms with Crippen molar-refractivity contribution in [3.63, 3.8) is 0 Å². The summed E-state index contributed by atoms with van der Waals surface area (Å²) in [4.78, 5) is 0. The third kappa shape index (κ3) is 2.43. The van der Waals surface area contributed by atoms with Crippen LogP contribution in [0.3, 0.4) is 0 Å². The van der Waals surface area contributed by atoms with Gasteiger partial charge < -0.3 is 4.42 Å². The van der Waals surface area contributed by atoms with E-state index in [0.29, 0.717) is 0 Å². The molecule has 0 saturated heterocycles. The Morgan fingerprint density at radius 3 is 2.61 bits per heavy atom. The number of benzene rings is 3. The Morgan fingerprint density at radius 1 is 0.870 bits per heavy atom. The minimum absolute atomic E-state index is 0.953. The van der Waals surface area contributed by atoms with Crippen LogP contribution < -0.4 is 0 Å². The summed E-state index contributed by atoms with van der Waals surface area (Å²) in [5.41, 5.74) is 4.89. The van der Waals surface area contributed by atoms with Gasteiger partial charge in [-0.1, -0.05) is 55.8 Å². The van der Waals surface area contributed by atoms with Crippen LogP contribution in [0.5, 0.6) is 0 Å². The Bertz CT molecular complexity index is 991. The van der Waals surface area contributed by atoms with Gasteiger partial charge in [-0.25, -0.2) is 0 Å². The average Bonchev–Trinajstić information content (AvgIpc) is 3.02. The Balaban J connectivity index is 1.89. The Labute approximate surface area is 136 Å². The van der Waals surface area contributed by atoms with Gasteiger partial charge in [0.05, 0.1) is 0 Å². The van der Waals surface area contributed by atoms with Crippen LogP contribution in [0.25, 0.3) is 33.1 Å². The lowest BCUT2D eigenvalue weighted by Gasteiger charge is -2.06. The van der Waals surface area contributed by atoms with E-state index >= 15 is 0 Å². The van der Waals surface area contributed by atoms with E-state index in [4.69, 9.17) is 4.42 Å². The van der Waals surface area contributed by atoms with Crippen LogP contribution in [-0.4, -0.2) is 0 Å². The van der Waals surface area contributed by atoms with Gasteiger partial charge in [0, 0.05) is 10.9 Å². The second kappa shape index (κ2) is 5.58. The van der Waals surface area contributed by atoms with E-state index in [9.17, 15) is 0 Å². The smallest absolute Gasteiger partial charge is 0.135 e. The van der Waals surface area contributed by atoms with Crippen molar-refractivity contribution in [3.8, 4) is 11.3 Å². The van der Waals surface area contributed by atoms with Crippen LogP contribution in [0.2, 0.25) is 0 Å². The summed E-state index contributed by atoms with van der Waals surface area (Å²) in [6, 6.07) is 21.5. The molecule has 1 heteroatoms. The van der Waals surface area contributed by atoms with Gasteiger partial charge >= 0.3 is 0 Å². The van der Waals surface area contributed by atoms with Gasteiger partial charge in [-0.15, -0.1) is 0 Å². The van der Waals surface area contributed by atoms with Crippen LogP contribution in [-0.2, 0) is 6.42 Å². The molecule has 0 amide bonds. The molecule has 1 aromatic heterocycles. The molecule has 1 heterocycles. The first-order valence-corrected chi connectivity index (χ1v) is 8.27. The molecular formula is C22H20O. The van der Waals surface area contributed by atoms with E-state index in [1.54, 1.807) is 0 Å². The number of rotatable bonds is 3. The topological polar surface area (TPSA) is 13.1 Å². The number of fused-ring (bicyclic) bond motifs is 3. The van der Waals surface area contributed by atoms with E-state index in [1.807, 2.05) is 0 Å². The molecule has 0 aliphatic heterocycles. The first kappa shape index (κ1) is 14.1. The minimum Gasteiger partial charge on any atom is -0.456 e. The lowest BCUT2D eigenvalue weighted by atomic mass is 10.00. The number of hydrogen-bond acceptors (Lipinski definition) is 1. The summed E-state index contributed by atoms with van der Waals surface area (Å²) in [7, 11) is 0. The molecule has 0 bridgehead atoms. The van der Waals surface area contributed by atoms with Gasteiger partial charge in [-0.2, -0.15) is 0 Å². The maximum absolute atomic E-state index is 6.14. The van der Waals surface area contributed by atoms with Crippen LogP contribution in [0.1, 0.15) is 24.5 Å². The van der Waals surface area contributed by atoms with Crippen molar-refractivity contribution in [3.05, 3.63) is 71.8 Å². The molecule has 4 aromatic rings. The van der Waals surface area contributed by atoms with E-state index in [-0.39, 0.29) is 0 Å². The summed E-state index contributed by atoms with van der Waals surface area (Å²) in [6.45, 7) is 4.40. The third-order valence-corrected chi connectivity index (χ3v) is 4.58. The van der Waals surface area contributed by atoms with Gasteiger partial charge in [0.15, 0.2) is 0 Å². The Kier molecular flexibility index (Phi) is 3.42. The molecule has 0 spiro atoms. The molecule has 0 saturated carbocycles. The van der Waals surface area contributed by atoms with Crippen molar-refractivity contribution in [1.82, 2.24) is 0 Å². The zero-order chi connectivity index (χ0) is 15.8. The molecule has 0 aliphatic rings. The largest absolute Gasteiger partial charge is 0.456 e. The van der Waals surface area contributed by atoms with Crippen LogP contribution >= 0.6 is 0 Å². The molecule has 0 radical (unpaired) electrons. The molecule has 114 valence electrons. The van der Waals surface area contributed by atoms with E-state index < -0.39 is 0 Å². The first-order chi connectivity index (χ1) is 11.3. The number of hydrogen-bond donors (Lipinski definition) is 0. The van der Waals surface area contributed by atoms with Crippen molar-refractivity contribution >= 4 is 21.7 Å². The average molecular weight is 300 g/mol. The van der Waals surface area contributed by atoms with Gasteiger partial charge in [0.25, 0.3) is 0 Å². The molecule has 0 N–H and O–H groups in total. The highest BCUT2D eigenvalue weighted by Crippen LogP contribution is 2.33. The second-order valence-electron chi connectivity index (χ2n) is 6.20. The lowest BCUT2D eigenvalue weighted by molar-refractivity contribution is 0.631. The quantitative estimate of drug-likeness (QED) is 0.420. The standard InChI is InChI=1S/C22H20O/c1-3-6-17-13-18(10-9-15(17)2)22-14-20-19-8-5-4-7-16(19)11-12-21(20)23-22/h4-5,7-14H,3,6H2,1-2H3. The number of aryl methyl sites for hydroxylation is 2. The summed E-state index contributed by atoms with van der Waals surface area (Å²) < 4.78 is 6.14. The number of furan rings is 1. The summed E-state index contributed by atoms with van der Waals surface area (Å²) in [6.07, 6.45) is 2.28. The molecule has 0 aliphatic carbocycles. The highest BCUT2D eigenvalue weighted by molar-refractivity contribution is 6.07. The lowest BCUT2D eigenvalue weighted by Crippen LogP contribution is -1.89. The molecule has 4 rings (SSSR count). The predicted octanol–water partition coefficient (Wildman–Crippen LogP) is 6.51. The van der Waals surface area contributed by atoms with Gasteiger partial charge in [0.2, 0.25) is 0 Å². The molecule has 0 unspecified atom stereocenters. The summed E-state index contributed by atoms with van der Waals surface area (Å²) in [5, 5.41) is 3.69. The van der Waals surface area contributed by atoms with Crippen molar-refractivity contribution in [1.29, 1.82) is 0 Å². The first-order valence-electron chi connectivity index (χ1n) is 8.27. The van der Waals surface area contributed by atoms with Crippen molar-refractivity contribution in [2.45, 2.75) is 26.7 Å². The molecule has 3 aromatic carbocycles. The highest BCUT2D eigenvalue weighted by Gasteiger charge is 2.10. The van der Waals surface area contributed by atoms with Gasteiger partial charge in [0.1, 0.15) is 11.3 Å². The zero-order valence-corrected chi connectivity index (χ0v) is 13.6. The van der Waals surface area contributed by atoms with Crippen molar-refractivity contribution in [2.24, 2.45) is 0 Å². The Morgan fingerprint density at radius 2 is 1.74 bits per heavy atom. The molecule has 0 fully saturated rings. The van der Waals surface area contributed by atoms with E-state index in [1.165, 1.54) is 32.8 Å². The fourth-order valence-corrected chi connectivity index (χ4v) is 3.30. The minimum atomic E-state index is 0.953. The van der Waals surface area contributed by atoms with Gasteiger partial charge in [-0.05, 0) is 53.4 Å². The van der Waals surface area contributed by atoms with Crippen LogP contribution in [0, 0.1) is 6.92 Å². The molecule has 1 nitrogen and oxygen atoms in total. The monoisotopic (exact) mass is 300 g/mol. The van der Waals surface area contributed by atoms with Crippen LogP contribution in [0.4, 0.5) is 0 Å². The molecule has 0 atom stereocenters. The molecule has 23 heavy (non-hydrogen) atoms. The van der Waals surface area contributed by atoms with Crippen molar-refractivity contribution in [2.75, 3.05) is 0 Å². The van der Waals surface area contributed by atoms with E-state index in [2.05, 4.69) is 74.5 Å². The summed E-state index contributed by atoms with van der Waals surface area (Å²) in [5.74, 6) is 0.953. The zero-order valence-electron chi connectivity index (χ0n) is 13.6. The maximum Gasteiger partial charge on any atom is 0.135 e. The maximum atomic E-state index is 6.14. The Hall–Kier alpha value is -2.54. The predicted molar refractivity (Wildman–Crippen MR) is 97.9 cm³/mol. The summed E-state index contributed by atoms with van der Waals surface area (Å²) >= 11 is 0. The second-order valence-corrected chi connectivity index (χ2v) is 6.20. The highest BCUT2D eigenvalue weighted by atomic mass is 16.3. The third-order valence-electron chi connectivity index (χ3n) is 4.58.